The Morgan fingerprint density at radius 3 is 2.70 bits per heavy atom. The summed E-state index contributed by atoms with van der Waals surface area (Å²) in [6.07, 6.45) is 0.323. The highest BCUT2D eigenvalue weighted by molar-refractivity contribution is 6.68. The molecule has 3 atom stereocenters. The Bertz CT molecular complexity index is 671. The third-order valence-electron chi connectivity index (χ3n) is 4.52. The number of aromatic nitrogens is 1. The monoisotopic (exact) mass is 377 g/mol. The normalized spacial score (nSPS) is 25.6. The van der Waals surface area contributed by atoms with Gasteiger partial charge in [0.05, 0.1) is 0 Å². The van der Waals surface area contributed by atoms with Gasteiger partial charge in [-0.15, -0.1) is 0 Å². The Kier molecular flexibility index (Phi) is 4.67. The van der Waals surface area contributed by atoms with Crippen LogP contribution in [0.4, 0.5) is 0 Å². The highest BCUT2D eigenvalue weighted by Gasteiger charge is 2.43. The van der Waals surface area contributed by atoms with E-state index in [1.807, 2.05) is 15.5 Å². The molecule has 1 fully saturated rings. The predicted octanol–water partition coefficient (Wildman–Crippen LogP) is 2.10. The molecule has 2 unspecified atom stereocenters. The molecule has 1 saturated heterocycles. The first-order valence-corrected chi connectivity index (χ1v) is 8.66. The van der Waals surface area contributed by atoms with Gasteiger partial charge in [-0.2, -0.15) is 0 Å². The van der Waals surface area contributed by atoms with Gasteiger partial charge < -0.3 is 9.88 Å². The maximum atomic E-state index is 12.0. The Hall–Kier alpha value is -0.750. The van der Waals surface area contributed by atoms with Gasteiger partial charge in [-0.25, -0.2) is 0 Å². The molecule has 1 N–H and O–H groups in total. The summed E-state index contributed by atoms with van der Waals surface area (Å²) in [5.74, 6) is 0.249. The second-order valence-electron chi connectivity index (χ2n) is 6.30. The molecular formula is C15H18Cl3N3O2. The summed E-state index contributed by atoms with van der Waals surface area (Å²) in [4.78, 5) is 25.5. The van der Waals surface area contributed by atoms with Crippen LogP contribution >= 0.6 is 34.8 Å². The standard InChI is InChI=1S/C15H18Cl3N3O2/c1-9(22)19-14(15(16,17)18)20-6-10-5-11(8-20)12-3-2-4-13(23)21(12)7-10/h2-4,10-11,14H,5-8H2,1H3,(H,19,22)/t10?,11-,14?/m0/s1. The molecule has 0 saturated carbocycles. The van der Waals surface area contributed by atoms with Crippen molar-refractivity contribution in [2.75, 3.05) is 13.1 Å². The fraction of sp³-hybridized carbons (Fsp3) is 0.600. The maximum Gasteiger partial charge on any atom is 0.250 e. The molecule has 5 nitrogen and oxygen atoms in total. The molecule has 2 aliphatic rings. The van der Waals surface area contributed by atoms with Crippen LogP contribution in [-0.2, 0) is 11.3 Å². The lowest BCUT2D eigenvalue weighted by Crippen LogP contribution is -2.60. The zero-order valence-electron chi connectivity index (χ0n) is 12.6. The Balaban J connectivity index is 1.89. The first kappa shape index (κ1) is 17.1. The van der Waals surface area contributed by atoms with Gasteiger partial charge >= 0.3 is 0 Å². The fourth-order valence-electron chi connectivity index (χ4n) is 3.72. The molecule has 8 heteroatoms. The number of amides is 1. The van der Waals surface area contributed by atoms with Crippen molar-refractivity contribution >= 4 is 40.7 Å². The van der Waals surface area contributed by atoms with Crippen molar-refractivity contribution < 1.29 is 4.79 Å². The van der Waals surface area contributed by atoms with Gasteiger partial charge in [0.15, 0.2) is 0 Å². The second-order valence-corrected chi connectivity index (χ2v) is 8.67. The third kappa shape index (κ3) is 3.53. The van der Waals surface area contributed by atoms with Crippen molar-refractivity contribution in [2.24, 2.45) is 5.92 Å². The zero-order chi connectivity index (χ0) is 16.8. The van der Waals surface area contributed by atoms with E-state index in [0.29, 0.717) is 25.6 Å². The number of nitrogens with zero attached hydrogens (tertiary/aromatic N) is 2. The SMILES string of the molecule is CC(=O)NC(N1CC2C[C@@H](C1)c1cccc(=O)n1C2)C(Cl)(Cl)Cl. The Morgan fingerprint density at radius 1 is 1.30 bits per heavy atom. The lowest BCUT2D eigenvalue weighted by molar-refractivity contribution is -0.121. The minimum absolute atomic E-state index is 0.0328. The van der Waals surface area contributed by atoms with Crippen LogP contribution < -0.4 is 10.9 Å². The van der Waals surface area contributed by atoms with Gasteiger partial charge in [-0.1, -0.05) is 40.9 Å². The van der Waals surface area contributed by atoms with Crippen LogP contribution in [0.5, 0.6) is 0 Å². The van der Waals surface area contributed by atoms with Crippen LogP contribution in [0.3, 0.4) is 0 Å². The average Bonchev–Trinajstić information content (AvgIpc) is 2.44. The van der Waals surface area contributed by atoms with Crippen LogP contribution in [0.15, 0.2) is 23.0 Å². The van der Waals surface area contributed by atoms with E-state index in [0.717, 1.165) is 12.1 Å². The summed E-state index contributed by atoms with van der Waals surface area (Å²) in [5.41, 5.74) is 1.05. The van der Waals surface area contributed by atoms with Crippen LogP contribution in [-0.4, -0.2) is 38.4 Å². The summed E-state index contributed by atoms with van der Waals surface area (Å²) < 4.78 is 0.229. The fourth-order valence-corrected chi connectivity index (χ4v) is 4.29. The number of carbonyl (C=O) groups is 1. The molecule has 0 aliphatic carbocycles. The van der Waals surface area contributed by atoms with Gasteiger partial charge in [0.1, 0.15) is 6.17 Å². The van der Waals surface area contributed by atoms with E-state index in [1.54, 1.807) is 12.1 Å². The molecule has 126 valence electrons. The molecule has 1 aromatic heterocycles. The van der Waals surface area contributed by atoms with Crippen molar-refractivity contribution in [2.45, 2.75) is 35.8 Å². The zero-order valence-corrected chi connectivity index (χ0v) is 14.9. The minimum atomic E-state index is -1.62. The van der Waals surface area contributed by atoms with E-state index < -0.39 is 9.96 Å². The maximum absolute atomic E-state index is 12.0. The first-order chi connectivity index (χ1) is 10.8. The number of hydrogen-bond donors (Lipinski definition) is 1. The highest BCUT2D eigenvalue weighted by atomic mass is 35.6. The van der Waals surface area contributed by atoms with Crippen LogP contribution in [0.25, 0.3) is 0 Å². The summed E-state index contributed by atoms with van der Waals surface area (Å²) >= 11 is 18.2. The summed E-state index contributed by atoms with van der Waals surface area (Å²) in [7, 11) is 0. The molecule has 23 heavy (non-hydrogen) atoms. The second kappa shape index (κ2) is 6.28. The topological polar surface area (TPSA) is 54.3 Å². The molecule has 3 rings (SSSR count). The van der Waals surface area contributed by atoms with Gasteiger partial charge in [0, 0.05) is 44.2 Å². The number of alkyl halides is 3. The molecular weight excluding hydrogens is 361 g/mol. The number of hydrogen-bond acceptors (Lipinski definition) is 3. The summed E-state index contributed by atoms with van der Waals surface area (Å²) in [6.45, 7) is 3.38. The lowest BCUT2D eigenvalue weighted by Gasteiger charge is -2.47. The number of piperidine rings is 1. The third-order valence-corrected chi connectivity index (χ3v) is 5.14. The number of carbonyl (C=O) groups excluding carboxylic acids is 1. The molecule has 0 radical (unpaired) electrons. The quantitative estimate of drug-likeness (QED) is 0.802. The minimum Gasteiger partial charge on any atom is -0.337 e. The molecule has 1 amide bonds. The van der Waals surface area contributed by atoms with Crippen LogP contribution in [0, 0.1) is 5.92 Å². The number of rotatable bonds is 2. The average molecular weight is 379 g/mol. The van der Waals surface area contributed by atoms with Crippen molar-refractivity contribution in [3.8, 4) is 0 Å². The van der Waals surface area contributed by atoms with E-state index in [1.165, 1.54) is 6.92 Å². The first-order valence-electron chi connectivity index (χ1n) is 7.53. The van der Waals surface area contributed by atoms with Crippen LogP contribution in [0.2, 0.25) is 0 Å². The molecule has 2 bridgehead atoms. The van der Waals surface area contributed by atoms with Crippen molar-refractivity contribution in [3.05, 3.63) is 34.2 Å². The van der Waals surface area contributed by atoms with Crippen molar-refractivity contribution in [1.82, 2.24) is 14.8 Å². The van der Waals surface area contributed by atoms with E-state index in [-0.39, 0.29) is 17.4 Å². The highest BCUT2D eigenvalue weighted by Crippen LogP contribution is 2.39. The molecule has 2 aliphatic heterocycles. The predicted molar refractivity (Wildman–Crippen MR) is 91.0 cm³/mol. The van der Waals surface area contributed by atoms with Gasteiger partial charge in [0.2, 0.25) is 9.70 Å². The molecule has 0 aromatic carbocycles. The molecule has 1 aromatic rings. The summed E-state index contributed by atoms with van der Waals surface area (Å²) in [6, 6.07) is 5.35. The summed E-state index contributed by atoms with van der Waals surface area (Å²) in [5, 5.41) is 2.74. The van der Waals surface area contributed by atoms with E-state index in [9.17, 15) is 9.59 Å². The largest absolute Gasteiger partial charge is 0.337 e. The Morgan fingerprint density at radius 2 is 2.04 bits per heavy atom. The van der Waals surface area contributed by atoms with E-state index >= 15 is 0 Å². The number of nitrogens with one attached hydrogen (secondary N) is 1. The Labute approximate surface area is 149 Å². The number of likely N-dealkylation sites (tertiary alicyclic amines) is 1. The smallest absolute Gasteiger partial charge is 0.250 e. The van der Waals surface area contributed by atoms with Crippen LogP contribution in [0.1, 0.15) is 25.0 Å². The van der Waals surface area contributed by atoms with Gasteiger partial charge in [-0.3, -0.25) is 14.5 Å². The number of pyridine rings is 1. The van der Waals surface area contributed by atoms with Crippen molar-refractivity contribution in [3.63, 3.8) is 0 Å². The van der Waals surface area contributed by atoms with E-state index in [2.05, 4.69) is 5.32 Å². The number of halogens is 3. The lowest BCUT2D eigenvalue weighted by atomic mass is 9.83. The van der Waals surface area contributed by atoms with Gasteiger partial charge in [-0.05, 0) is 18.4 Å². The molecule has 3 heterocycles. The van der Waals surface area contributed by atoms with Gasteiger partial charge in [0.25, 0.3) is 5.56 Å². The molecule has 0 spiro atoms. The number of fused-ring (bicyclic) bond motifs is 4. The van der Waals surface area contributed by atoms with E-state index in [4.69, 9.17) is 34.8 Å². The van der Waals surface area contributed by atoms with Crippen molar-refractivity contribution in [1.29, 1.82) is 0 Å².